The van der Waals surface area contributed by atoms with Crippen LogP contribution in [0.4, 0.5) is 5.82 Å². The average molecular weight is 515 g/mol. The van der Waals surface area contributed by atoms with E-state index in [2.05, 4.69) is 52.1 Å². The predicted octanol–water partition coefficient (Wildman–Crippen LogP) is 5.52. The van der Waals surface area contributed by atoms with E-state index in [4.69, 9.17) is 10.8 Å². The molecule has 2 N–H and O–H groups in total. The van der Waals surface area contributed by atoms with Gasteiger partial charge >= 0.3 is 0 Å². The Kier molecular flexibility index (Phi) is 6.15. The van der Waals surface area contributed by atoms with Crippen molar-refractivity contribution in [1.29, 1.82) is 0 Å². The number of anilines is 1. The molecule has 0 saturated heterocycles. The smallest absolute Gasteiger partial charge is 0.259 e. The molecule has 3 aliphatic rings. The number of aromatic nitrogens is 4. The van der Waals surface area contributed by atoms with E-state index in [1.54, 1.807) is 6.20 Å². The van der Waals surface area contributed by atoms with Crippen LogP contribution in [-0.4, -0.2) is 43.4 Å². The summed E-state index contributed by atoms with van der Waals surface area (Å²) in [5.41, 5.74) is 13.6. The fourth-order valence-electron chi connectivity index (χ4n) is 5.87. The van der Waals surface area contributed by atoms with Crippen molar-refractivity contribution in [2.75, 3.05) is 18.5 Å². The molecule has 0 radical (unpaired) electrons. The number of thioether (sulfide) groups is 1. The Morgan fingerprint density at radius 1 is 1.22 bits per heavy atom. The zero-order valence-electron chi connectivity index (χ0n) is 21.2. The van der Waals surface area contributed by atoms with E-state index in [9.17, 15) is 4.79 Å². The Bertz CT molecular complexity index is 1400. The number of aryl methyl sites for hydroxylation is 1. The number of hydrogen-bond acceptors (Lipinski definition) is 6. The quantitative estimate of drug-likeness (QED) is 0.264. The molecule has 1 saturated carbocycles. The van der Waals surface area contributed by atoms with Crippen molar-refractivity contribution in [3.05, 3.63) is 83.3 Å². The molecule has 1 amide bonds. The molecule has 1 fully saturated rings. The number of nitrogens with two attached hydrogens (primary N) is 1. The van der Waals surface area contributed by atoms with Gasteiger partial charge in [-0.15, -0.1) is 0 Å². The van der Waals surface area contributed by atoms with Gasteiger partial charge in [0.15, 0.2) is 5.16 Å². The summed E-state index contributed by atoms with van der Waals surface area (Å²) in [6.45, 7) is 8.80. The van der Waals surface area contributed by atoms with Crippen LogP contribution in [0.2, 0.25) is 0 Å². The molecule has 192 valence electrons. The largest absolute Gasteiger partial charge is 0.383 e. The van der Waals surface area contributed by atoms with Crippen LogP contribution >= 0.6 is 11.8 Å². The third-order valence-electron chi connectivity index (χ3n) is 8.08. The maximum Gasteiger partial charge on any atom is 0.259 e. The van der Waals surface area contributed by atoms with Crippen molar-refractivity contribution in [2.45, 2.75) is 55.6 Å². The number of rotatable bonds is 6. The third-order valence-corrected chi connectivity index (χ3v) is 8.64. The van der Waals surface area contributed by atoms with Gasteiger partial charge in [-0.2, -0.15) is 5.10 Å². The molecule has 8 heteroatoms. The summed E-state index contributed by atoms with van der Waals surface area (Å²) < 4.78 is 2.11. The molecule has 1 aliphatic heterocycles. The van der Waals surface area contributed by atoms with Crippen LogP contribution < -0.4 is 5.73 Å². The Morgan fingerprint density at radius 3 is 2.68 bits per heavy atom. The highest BCUT2D eigenvalue weighted by Gasteiger charge is 2.40. The van der Waals surface area contributed by atoms with Crippen molar-refractivity contribution in [2.24, 2.45) is 5.92 Å². The fraction of sp³-hybridized carbons (Fsp3) is 0.379. The van der Waals surface area contributed by atoms with Gasteiger partial charge in [0.25, 0.3) is 5.91 Å². The average Bonchev–Trinajstić information content (AvgIpc) is 3.73. The second-order valence-corrected chi connectivity index (χ2v) is 11.0. The van der Waals surface area contributed by atoms with Crippen molar-refractivity contribution < 1.29 is 6.22 Å². The van der Waals surface area contributed by atoms with Crippen LogP contribution in [0.3, 0.4) is 0 Å². The highest BCUT2D eigenvalue weighted by molar-refractivity contribution is 7.98. The van der Waals surface area contributed by atoms with Crippen LogP contribution in [0.1, 0.15) is 71.9 Å². The fourth-order valence-corrected chi connectivity index (χ4v) is 6.21. The van der Waals surface area contributed by atoms with Crippen LogP contribution in [0.5, 0.6) is 0 Å². The number of allylic oxidation sites excluding steroid dienone is 2. The van der Waals surface area contributed by atoms with Crippen molar-refractivity contribution >= 4 is 23.5 Å². The van der Waals surface area contributed by atoms with Crippen LogP contribution in [0, 0.1) is 5.92 Å². The lowest BCUT2D eigenvalue weighted by Gasteiger charge is -2.37. The first-order chi connectivity index (χ1) is 18.0. The zero-order valence-corrected chi connectivity index (χ0v) is 22.0. The van der Waals surface area contributed by atoms with Crippen LogP contribution in [-0.2, 0) is 12.8 Å². The molecule has 1 aromatic carbocycles. The summed E-state index contributed by atoms with van der Waals surface area (Å²) in [5.74, 6) is 1.05. The number of amides is 1. The summed E-state index contributed by atoms with van der Waals surface area (Å²) in [4.78, 5) is 24.5. The topological polar surface area (TPSA) is 89.9 Å². The first kappa shape index (κ1) is 24.0. The van der Waals surface area contributed by atoms with Gasteiger partial charge in [0, 0.05) is 26.2 Å². The maximum absolute atomic E-state index is 13.9. The summed E-state index contributed by atoms with van der Waals surface area (Å²) in [5, 5.41) is 5.69. The van der Waals surface area contributed by atoms with Gasteiger partial charge < -0.3 is 10.6 Å². The normalized spacial score (nSPS) is 20.7. The Morgan fingerprint density at radius 2 is 2.00 bits per heavy atom. The Hall–Kier alpha value is -3.39. The standard InChI is InChI=1S/C29H32N6OS.H2/c1-4-17(2)20-9-12-23-26-24(35(33-23)21-10-7-19(8-11-21)18-5-6-18)13-14-34(25(26)15-20)28(36)22-16-31-29(37-3)32-27(22)30;/h4,7-8,10-11,16,18,20,25H,1-2,5-6,9,12-15H2,3H3,(H2,30,31,32);1H. The van der Waals surface area contributed by atoms with E-state index in [1.165, 1.54) is 41.4 Å². The SMILES string of the molecule is C=CC(=C)C1CCc2nn(-c3ccc(C4CC4)cc3)c3c2C(C1)N(C(=O)c1cnc(SC)nc1N)CC3.[HH]. The third kappa shape index (κ3) is 4.27. The minimum atomic E-state index is -0.127. The maximum atomic E-state index is 13.9. The molecule has 6 rings (SSSR count). The number of carbonyl (C=O) groups is 1. The van der Waals surface area contributed by atoms with Crippen molar-refractivity contribution in [3.8, 4) is 5.69 Å². The first-order valence-electron chi connectivity index (χ1n) is 13.0. The molecule has 0 bridgehead atoms. The number of benzene rings is 1. The second-order valence-electron chi connectivity index (χ2n) is 10.3. The minimum Gasteiger partial charge on any atom is -0.383 e. The minimum absolute atomic E-state index is 0. The predicted molar refractivity (Wildman–Crippen MR) is 149 cm³/mol. The number of hydrogen-bond donors (Lipinski definition) is 1. The van der Waals surface area contributed by atoms with Gasteiger partial charge in [-0.1, -0.05) is 48.7 Å². The number of carbonyl (C=O) groups excluding carboxylic acids is 1. The molecule has 7 nitrogen and oxygen atoms in total. The molecule has 3 aromatic rings. The van der Waals surface area contributed by atoms with E-state index in [1.807, 2.05) is 17.2 Å². The molecule has 2 aliphatic carbocycles. The van der Waals surface area contributed by atoms with E-state index < -0.39 is 0 Å². The molecule has 2 aromatic heterocycles. The highest BCUT2D eigenvalue weighted by atomic mass is 32.2. The molecule has 37 heavy (non-hydrogen) atoms. The van der Waals surface area contributed by atoms with Crippen LogP contribution in [0.15, 0.2) is 60.4 Å². The van der Waals surface area contributed by atoms with Crippen molar-refractivity contribution in [1.82, 2.24) is 24.6 Å². The molecule has 2 atom stereocenters. The molecular formula is C29H34N6OS. The monoisotopic (exact) mass is 514 g/mol. The number of nitrogens with zero attached hydrogens (tertiary/aromatic N) is 5. The van der Waals surface area contributed by atoms with Gasteiger partial charge in [-0.05, 0) is 67.9 Å². The van der Waals surface area contributed by atoms with Gasteiger partial charge in [0.05, 0.1) is 23.1 Å². The molecule has 2 unspecified atom stereocenters. The number of nitrogen functional groups attached to an aromatic ring is 1. The zero-order chi connectivity index (χ0) is 25.7. The lowest BCUT2D eigenvalue weighted by Crippen LogP contribution is -2.41. The molecular weight excluding hydrogens is 480 g/mol. The van der Waals surface area contributed by atoms with Gasteiger partial charge in [0.2, 0.25) is 0 Å². The van der Waals surface area contributed by atoms with E-state index in [0.29, 0.717) is 17.3 Å². The Balaban J connectivity index is 0.00000294. The van der Waals surface area contributed by atoms with Crippen LogP contribution in [0.25, 0.3) is 5.69 Å². The van der Waals surface area contributed by atoms with Gasteiger partial charge in [-0.25, -0.2) is 14.6 Å². The molecule has 3 heterocycles. The first-order valence-corrected chi connectivity index (χ1v) is 14.2. The summed E-state index contributed by atoms with van der Waals surface area (Å²) >= 11 is 1.40. The van der Waals surface area contributed by atoms with E-state index in [0.717, 1.165) is 48.6 Å². The van der Waals surface area contributed by atoms with Crippen molar-refractivity contribution in [3.63, 3.8) is 0 Å². The summed E-state index contributed by atoms with van der Waals surface area (Å²) in [6, 6.07) is 8.75. The second kappa shape index (κ2) is 9.49. The Labute approximate surface area is 223 Å². The summed E-state index contributed by atoms with van der Waals surface area (Å²) in [6.07, 6.45) is 11.2. The highest BCUT2D eigenvalue weighted by Crippen LogP contribution is 2.44. The lowest BCUT2D eigenvalue weighted by atomic mass is 9.87. The lowest BCUT2D eigenvalue weighted by molar-refractivity contribution is 0.0637. The molecule has 0 spiro atoms. The van der Waals surface area contributed by atoms with E-state index in [-0.39, 0.29) is 25.1 Å². The van der Waals surface area contributed by atoms with Gasteiger partial charge in [0.1, 0.15) is 11.4 Å². The van der Waals surface area contributed by atoms with E-state index >= 15 is 0 Å². The van der Waals surface area contributed by atoms with Gasteiger partial charge in [-0.3, -0.25) is 4.79 Å². The summed E-state index contributed by atoms with van der Waals surface area (Å²) in [7, 11) is 0.